The zero-order valence-corrected chi connectivity index (χ0v) is 30.2. The molecule has 0 radical (unpaired) electrons. The van der Waals surface area contributed by atoms with E-state index in [1.54, 1.807) is 12.8 Å². The minimum atomic E-state index is -0.278. The van der Waals surface area contributed by atoms with E-state index in [0.29, 0.717) is 9.47 Å². The molecular formula is C19H36I5V2. The van der Waals surface area contributed by atoms with E-state index >= 15 is 0 Å². The van der Waals surface area contributed by atoms with Gasteiger partial charge in [0.2, 0.25) is 0 Å². The Balaban J connectivity index is 0.000000380. The monoisotopic (exact) mass is 1000 g/mol. The molecule has 0 N–H and O–H groups in total. The summed E-state index contributed by atoms with van der Waals surface area (Å²) in [6, 6.07) is 0. The minimum absolute atomic E-state index is 0.278. The van der Waals surface area contributed by atoms with Gasteiger partial charge >= 0.3 is 114 Å². The van der Waals surface area contributed by atoms with Crippen molar-refractivity contribution in [3.63, 3.8) is 0 Å². The van der Waals surface area contributed by atoms with Crippen molar-refractivity contribution in [2.24, 2.45) is 35.5 Å². The van der Waals surface area contributed by atoms with Crippen molar-refractivity contribution in [2.45, 2.75) is 85.5 Å². The zero-order valence-electron chi connectivity index (χ0n) is 16.6. The van der Waals surface area contributed by atoms with E-state index in [1.807, 2.05) is 0 Å². The SMILES string of the molecule is C[C@H]1CC[C@H](C)C1.C[C@H]1C[C@@H](C)[C@H](C2CCCC2)C1.[I][V]([I])[I].[I][V][I]. The number of hydrogen-bond acceptors (Lipinski definition) is 0. The van der Waals surface area contributed by atoms with Crippen LogP contribution in [0, 0.1) is 35.5 Å². The molecule has 157 valence electrons. The van der Waals surface area contributed by atoms with Gasteiger partial charge in [-0.1, -0.05) is 66.2 Å². The van der Waals surface area contributed by atoms with Crippen LogP contribution in [0.2, 0.25) is 0 Å². The van der Waals surface area contributed by atoms with Gasteiger partial charge in [0.1, 0.15) is 0 Å². The summed E-state index contributed by atoms with van der Waals surface area (Å²) in [4.78, 5) is -0.278. The van der Waals surface area contributed by atoms with E-state index in [1.165, 1.54) is 44.9 Å². The topological polar surface area (TPSA) is 0 Å². The Morgan fingerprint density at radius 2 is 1.12 bits per heavy atom. The number of rotatable bonds is 1. The van der Waals surface area contributed by atoms with Crippen molar-refractivity contribution in [3.05, 3.63) is 0 Å². The quantitative estimate of drug-likeness (QED) is 0.230. The van der Waals surface area contributed by atoms with Crippen molar-refractivity contribution in [1.29, 1.82) is 0 Å². The second-order valence-electron chi connectivity index (χ2n) is 8.54. The molecule has 0 saturated heterocycles. The van der Waals surface area contributed by atoms with Crippen LogP contribution in [-0.4, -0.2) is 0 Å². The fourth-order valence-electron chi connectivity index (χ4n) is 5.14. The molecule has 0 aromatic heterocycles. The van der Waals surface area contributed by atoms with Gasteiger partial charge in [-0.2, -0.15) is 0 Å². The third-order valence-corrected chi connectivity index (χ3v) is 6.14. The van der Waals surface area contributed by atoms with Gasteiger partial charge in [0.25, 0.3) is 0 Å². The molecule has 3 aliphatic rings. The van der Waals surface area contributed by atoms with Crippen LogP contribution in [0.15, 0.2) is 0 Å². The fourth-order valence-corrected chi connectivity index (χ4v) is 5.14. The standard InChI is InChI=1S/C12H22.C7H14.5HI.2V/c1-9-7-10(2)12(8-9)11-5-3-4-6-11;1-6-3-4-7(2)5-6;;;;;;;/h9-12H,3-8H2,1-2H3;6-7H,3-5H2,1-2H3;5*1H;;/q;;;;;;;+2;+3/p-5/t9-,10+,12+;6-,7-;;;;;;;/m00......./s1. The van der Waals surface area contributed by atoms with Crippen LogP contribution in [0.3, 0.4) is 0 Å². The Hall–Kier alpha value is 4.82. The zero-order chi connectivity index (χ0) is 20.1. The van der Waals surface area contributed by atoms with Gasteiger partial charge in [0, 0.05) is 0 Å². The van der Waals surface area contributed by atoms with Crippen LogP contribution in [0.5, 0.6) is 0 Å². The maximum atomic E-state index is 2.48. The molecule has 0 spiro atoms. The Morgan fingerprint density at radius 3 is 1.38 bits per heavy atom. The number of hydrogen-bond donors (Lipinski definition) is 0. The fraction of sp³-hybridized carbons (Fsp3) is 1.00. The Bertz CT molecular complexity index is 316. The van der Waals surface area contributed by atoms with E-state index in [4.69, 9.17) is 0 Å². The molecule has 0 unspecified atom stereocenters. The van der Waals surface area contributed by atoms with Crippen molar-refractivity contribution in [2.75, 3.05) is 0 Å². The van der Waals surface area contributed by atoms with Gasteiger partial charge in [-0.25, -0.2) is 0 Å². The molecule has 0 aliphatic heterocycles. The summed E-state index contributed by atoms with van der Waals surface area (Å²) in [5.74, 6) is 6.31. The first-order valence-electron chi connectivity index (χ1n) is 9.90. The summed E-state index contributed by atoms with van der Waals surface area (Å²) < 4.78 is 0. The van der Waals surface area contributed by atoms with Crippen molar-refractivity contribution < 1.29 is 14.4 Å². The van der Waals surface area contributed by atoms with E-state index in [0.717, 1.165) is 35.5 Å². The molecule has 0 nitrogen and oxygen atoms in total. The molecule has 26 heavy (non-hydrogen) atoms. The van der Waals surface area contributed by atoms with Gasteiger partial charge in [-0.3, -0.25) is 0 Å². The maximum absolute atomic E-state index is 2.48. The summed E-state index contributed by atoms with van der Waals surface area (Å²) in [5.41, 5.74) is 0. The molecule has 0 amide bonds. The average Bonchev–Trinajstić information content (AvgIpc) is 3.23. The van der Waals surface area contributed by atoms with Crippen molar-refractivity contribution in [1.82, 2.24) is 0 Å². The third-order valence-electron chi connectivity index (χ3n) is 6.14. The molecular weight excluding hydrogens is 965 g/mol. The van der Waals surface area contributed by atoms with Crippen molar-refractivity contribution in [3.8, 4) is 0 Å². The summed E-state index contributed by atoms with van der Waals surface area (Å²) >= 11 is 12.1. The van der Waals surface area contributed by atoms with Gasteiger partial charge in [-0.05, 0) is 54.8 Å². The first kappa shape index (κ1) is 30.8. The van der Waals surface area contributed by atoms with Crippen LogP contribution in [0.1, 0.15) is 85.5 Å². The molecule has 7 heteroatoms. The predicted octanol–water partition coefficient (Wildman–Crippen LogP) is 10.7. The molecule has 3 aliphatic carbocycles. The molecule has 3 saturated carbocycles. The van der Waals surface area contributed by atoms with Crippen LogP contribution in [-0.2, 0) is 14.4 Å². The van der Waals surface area contributed by atoms with Crippen molar-refractivity contribution >= 4 is 99.9 Å². The predicted molar refractivity (Wildman–Crippen MR) is 155 cm³/mol. The third kappa shape index (κ3) is 16.5. The van der Waals surface area contributed by atoms with E-state index in [9.17, 15) is 0 Å². The molecule has 0 aromatic rings. The van der Waals surface area contributed by atoms with Crippen LogP contribution >= 0.6 is 99.9 Å². The Morgan fingerprint density at radius 1 is 0.692 bits per heavy atom. The van der Waals surface area contributed by atoms with Crippen LogP contribution in [0.4, 0.5) is 0 Å². The first-order chi connectivity index (χ1) is 12.2. The van der Waals surface area contributed by atoms with Crippen LogP contribution in [0.25, 0.3) is 0 Å². The summed E-state index contributed by atoms with van der Waals surface area (Å²) in [6.07, 6.45) is 13.6. The second-order valence-corrected chi connectivity index (χ2v) is 55.7. The van der Waals surface area contributed by atoms with E-state index in [2.05, 4.69) is 128 Å². The second kappa shape index (κ2) is 19.3. The molecule has 0 heterocycles. The van der Waals surface area contributed by atoms with Crippen LogP contribution < -0.4 is 0 Å². The van der Waals surface area contributed by atoms with Gasteiger partial charge < -0.3 is 0 Å². The molecule has 3 fully saturated rings. The average molecular weight is 1000 g/mol. The molecule has 0 aromatic carbocycles. The van der Waals surface area contributed by atoms with E-state index in [-0.39, 0.29) is 4.92 Å². The first-order valence-corrected chi connectivity index (χ1v) is 32.4. The normalized spacial score (nSPS) is 33.5. The molecule has 3 rings (SSSR count). The molecule has 0 bridgehead atoms. The summed E-state index contributed by atoms with van der Waals surface area (Å²) in [7, 11) is 0.628. The Kier molecular flexibility index (Phi) is 22.9. The van der Waals surface area contributed by atoms with Gasteiger partial charge in [-0.15, -0.1) is 0 Å². The summed E-state index contributed by atoms with van der Waals surface area (Å²) in [6.45, 7) is 9.62. The Labute approximate surface area is 230 Å². The van der Waals surface area contributed by atoms with Gasteiger partial charge in [0.05, 0.1) is 0 Å². The molecule has 5 atom stereocenters. The summed E-state index contributed by atoms with van der Waals surface area (Å²) in [5, 5.41) is 0. The number of halogens is 5. The van der Waals surface area contributed by atoms with Gasteiger partial charge in [0.15, 0.2) is 0 Å². The van der Waals surface area contributed by atoms with E-state index < -0.39 is 0 Å².